The Bertz CT molecular complexity index is 335. The minimum absolute atomic E-state index is 1.05. The van der Waals surface area contributed by atoms with Gasteiger partial charge in [0.2, 0.25) is 0 Å². The van der Waals surface area contributed by atoms with E-state index < -0.39 is 0 Å². The van der Waals surface area contributed by atoms with Gasteiger partial charge in [0.1, 0.15) is 6.54 Å². The summed E-state index contributed by atoms with van der Waals surface area (Å²) in [5, 5.41) is 0. The van der Waals surface area contributed by atoms with E-state index in [0.717, 1.165) is 12.3 Å². The molecule has 0 atom stereocenters. The number of hydrogen-bond donors (Lipinski definition) is 1. The molecular formula is C17H31N2S+. The van der Waals surface area contributed by atoms with Crippen molar-refractivity contribution in [2.24, 2.45) is 0 Å². The van der Waals surface area contributed by atoms with Gasteiger partial charge in [-0.1, -0.05) is 32.1 Å². The van der Waals surface area contributed by atoms with Gasteiger partial charge in [0, 0.05) is 38.3 Å². The van der Waals surface area contributed by atoms with Crippen LogP contribution in [0.4, 0.5) is 5.69 Å². The average Bonchev–Trinajstić information content (AvgIpc) is 2.46. The summed E-state index contributed by atoms with van der Waals surface area (Å²) < 4.78 is 2.29. The third-order valence-corrected chi connectivity index (χ3v) is 4.03. The summed E-state index contributed by atoms with van der Waals surface area (Å²) in [4.78, 5) is 2.14. The van der Waals surface area contributed by atoms with Crippen LogP contribution in [0, 0.1) is 0 Å². The Labute approximate surface area is 130 Å². The Kier molecular flexibility index (Phi) is 9.56. The fourth-order valence-corrected chi connectivity index (χ4v) is 2.59. The largest absolute Gasteiger partial charge is 0.377 e. The van der Waals surface area contributed by atoms with E-state index in [4.69, 9.17) is 0 Å². The van der Waals surface area contributed by atoms with Crippen LogP contribution in [-0.4, -0.2) is 19.8 Å². The standard InChI is InChI=1S/C17H30N2S/c1-18(2)17-11-14-19(15-12-17)13-9-7-5-3-4-6-8-10-16-20/h11-12,14-15H,3-10,13,16H2,1-2H3/p+1. The lowest BCUT2D eigenvalue weighted by Crippen LogP contribution is -2.32. The molecule has 0 amide bonds. The molecule has 3 heteroatoms. The van der Waals surface area contributed by atoms with Crippen molar-refractivity contribution in [3.63, 3.8) is 0 Å². The Morgan fingerprint density at radius 2 is 1.35 bits per heavy atom. The van der Waals surface area contributed by atoms with Crippen molar-refractivity contribution >= 4 is 18.3 Å². The van der Waals surface area contributed by atoms with E-state index >= 15 is 0 Å². The van der Waals surface area contributed by atoms with Crippen molar-refractivity contribution in [2.75, 3.05) is 24.7 Å². The van der Waals surface area contributed by atoms with E-state index in [1.807, 2.05) is 0 Å². The van der Waals surface area contributed by atoms with E-state index in [1.54, 1.807) is 0 Å². The van der Waals surface area contributed by atoms with Gasteiger partial charge in [0.15, 0.2) is 12.4 Å². The Balaban J connectivity index is 2.01. The van der Waals surface area contributed by atoms with Gasteiger partial charge in [-0.15, -0.1) is 0 Å². The highest BCUT2D eigenvalue weighted by Gasteiger charge is 2.01. The molecule has 2 nitrogen and oxygen atoms in total. The summed E-state index contributed by atoms with van der Waals surface area (Å²) in [5.74, 6) is 1.05. The fourth-order valence-electron chi connectivity index (χ4n) is 2.36. The molecule has 0 aliphatic carbocycles. The van der Waals surface area contributed by atoms with Crippen molar-refractivity contribution in [1.29, 1.82) is 0 Å². The second-order valence-corrected chi connectivity index (χ2v) is 6.19. The molecule has 0 unspecified atom stereocenters. The van der Waals surface area contributed by atoms with Gasteiger partial charge in [-0.25, -0.2) is 4.57 Å². The minimum atomic E-state index is 1.05. The molecule has 1 rings (SSSR count). The SMILES string of the molecule is CN(C)c1cc[n+](CCCCCCCCCCS)cc1. The van der Waals surface area contributed by atoms with E-state index in [1.165, 1.54) is 57.1 Å². The molecule has 0 aromatic carbocycles. The lowest BCUT2D eigenvalue weighted by Gasteiger charge is -2.10. The van der Waals surface area contributed by atoms with Crippen molar-refractivity contribution in [2.45, 2.75) is 57.9 Å². The number of unbranched alkanes of at least 4 members (excludes halogenated alkanes) is 7. The lowest BCUT2D eigenvalue weighted by atomic mass is 10.1. The number of rotatable bonds is 11. The molecule has 0 radical (unpaired) electrons. The maximum absolute atomic E-state index is 4.24. The highest BCUT2D eigenvalue weighted by atomic mass is 32.1. The number of aryl methyl sites for hydroxylation is 1. The summed E-state index contributed by atoms with van der Waals surface area (Å²) >= 11 is 4.24. The fraction of sp³-hybridized carbons (Fsp3) is 0.706. The zero-order valence-corrected chi connectivity index (χ0v) is 14.1. The first-order valence-electron chi connectivity index (χ1n) is 8.01. The van der Waals surface area contributed by atoms with E-state index in [2.05, 4.69) is 60.7 Å². The monoisotopic (exact) mass is 295 g/mol. The van der Waals surface area contributed by atoms with Crippen LogP contribution in [0.3, 0.4) is 0 Å². The quantitative estimate of drug-likeness (QED) is 0.367. The van der Waals surface area contributed by atoms with Gasteiger partial charge in [-0.05, 0) is 18.6 Å². The molecule has 0 bridgehead atoms. The van der Waals surface area contributed by atoms with Crippen LogP contribution in [0.25, 0.3) is 0 Å². The Morgan fingerprint density at radius 3 is 1.85 bits per heavy atom. The van der Waals surface area contributed by atoms with Crippen LogP contribution in [0.2, 0.25) is 0 Å². The Hall–Kier alpha value is -0.700. The van der Waals surface area contributed by atoms with E-state index in [-0.39, 0.29) is 0 Å². The third-order valence-electron chi connectivity index (χ3n) is 3.71. The highest BCUT2D eigenvalue weighted by Crippen LogP contribution is 2.09. The minimum Gasteiger partial charge on any atom is -0.377 e. The number of hydrogen-bond acceptors (Lipinski definition) is 2. The molecule has 20 heavy (non-hydrogen) atoms. The second-order valence-electron chi connectivity index (χ2n) is 5.74. The first-order chi connectivity index (χ1) is 9.74. The number of nitrogens with zero attached hydrogens (tertiary/aromatic N) is 2. The van der Waals surface area contributed by atoms with Crippen LogP contribution in [0.1, 0.15) is 51.4 Å². The summed E-state index contributed by atoms with van der Waals surface area (Å²) in [6, 6.07) is 4.36. The molecule has 0 aliphatic rings. The van der Waals surface area contributed by atoms with Crippen LogP contribution in [-0.2, 0) is 6.54 Å². The predicted molar refractivity (Wildman–Crippen MR) is 91.8 cm³/mol. The van der Waals surface area contributed by atoms with E-state index in [0.29, 0.717) is 0 Å². The van der Waals surface area contributed by atoms with Gasteiger partial charge in [-0.2, -0.15) is 12.6 Å². The van der Waals surface area contributed by atoms with Crippen LogP contribution >= 0.6 is 12.6 Å². The maximum Gasteiger partial charge on any atom is 0.170 e. The zero-order chi connectivity index (χ0) is 14.6. The molecule has 0 N–H and O–H groups in total. The lowest BCUT2D eigenvalue weighted by molar-refractivity contribution is -0.697. The van der Waals surface area contributed by atoms with Gasteiger partial charge >= 0.3 is 0 Å². The number of anilines is 1. The molecule has 0 saturated heterocycles. The predicted octanol–water partition coefficient (Wildman–Crippen LogP) is 4.09. The normalized spacial score (nSPS) is 10.8. The van der Waals surface area contributed by atoms with Gasteiger partial charge in [0.05, 0.1) is 0 Å². The molecule has 0 saturated carbocycles. The molecule has 1 heterocycles. The van der Waals surface area contributed by atoms with Crippen molar-refractivity contribution < 1.29 is 4.57 Å². The van der Waals surface area contributed by atoms with Crippen molar-refractivity contribution in [3.8, 4) is 0 Å². The maximum atomic E-state index is 4.24. The zero-order valence-electron chi connectivity index (χ0n) is 13.2. The summed E-state index contributed by atoms with van der Waals surface area (Å²) in [5.41, 5.74) is 1.27. The topological polar surface area (TPSA) is 7.12 Å². The first-order valence-corrected chi connectivity index (χ1v) is 8.64. The van der Waals surface area contributed by atoms with Crippen LogP contribution < -0.4 is 9.47 Å². The second kappa shape index (κ2) is 11.0. The van der Waals surface area contributed by atoms with Gasteiger partial charge in [0.25, 0.3) is 0 Å². The van der Waals surface area contributed by atoms with Crippen molar-refractivity contribution in [3.05, 3.63) is 24.5 Å². The smallest absolute Gasteiger partial charge is 0.170 e. The average molecular weight is 296 g/mol. The number of aromatic nitrogens is 1. The molecule has 1 aromatic rings. The summed E-state index contributed by atoms with van der Waals surface area (Å²) in [6.45, 7) is 1.15. The first kappa shape index (κ1) is 17.4. The molecular weight excluding hydrogens is 264 g/mol. The molecule has 0 fully saturated rings. The summed E-state index contributed by atoms with van der Waals surface area (Å²) in [7, 11) is 4.16. The highest BCUT2D eigenvalue weighted by molar-refractivity contribution is 7.80. The van der Waals surface area contributed by atoms with Crippen molar-refractivity contribution in [1.82, 2.24) is 0 Å². The number of thiol groups is 1. The molecule has 114 valence electrons. The van der Waals surface area contributed by atoms with Crippen LogP contribution in [0.5, 0.6) is 0 Å². The molecule has 0 spiro atoms. The molecule has 1 aromatic heterocycles. The summed E-state index contributed by atoms with van der Waals surface area (Å²) in [6.07, 6.45) is 15.2. The number of pyridine rings is 1. The van der Waals surface area contributed by atoms with E-state index in [9.17, 15) is 0 Å². The Morgan fingerprint density at radius 1 is 0.850 bits per heavy atom. The third kappa shape index (κ3) is 7.78. The van der Waals surface area contributed by atoms with Gasteiger partial charge in [-0.3, -0.25) is 0 Å². The van der Waals surface area contributed by atoms with Gasteiger partial charge < -0.3 is 4.90 Å². The van der Waals surface area contributed by atoms with Crippen LogP contribution in [0.15, 0.2) is 24.5 Å². The molecule has 0 aliphatic heterocycles.